The van der Waals surface area contributed by atoms with Gasteiger partial charge >= 0.3 is 0 Å². The van der Waals surface area contributed by atoms with Gasteiger partial charge in [-0.1, -0.05) is 37.3 Å². The topological polar surface area (TPSA) is 46.3 Å². The van der Waals surface area contributed by atoms with E-state index in [0.717, 1.165) is 51.6 Å². The van der Waals surface area contributed by atoms with Gasteiger partial charge in [-0.25, -0.2) is 0 Å². The summed E-state index contributed by atoms with van der Waals surface area (Å²) in [5.74, 6) is 0.544. The number of benzene rings is 1. The Morgan fingerprint density at radius 3 is 2.77 bits per heavy atom. The third kappa shape index (κ3) is 3.52. The number of nitrogens with zero attached hydrogens (tertiary/aromatic N) is 1. The van der Waals surface area contributed by atoms with Gasteiger partial charge in [0.15, 0.2) is 0 Å². The summed E-state index contributed by atoms with van der Waals surface area (Å²) in [5.41, 5.74) is 7.62. The molecule has 0 bridgehead atoms. The number of carbonyl (C=O) groups is 1. The molecule has 1 heterocycles. The highest BCUT2D eigenvalue weighted by Gasteiger charge is 2.39. The van der Waals surface area contributed by atoms with Gasteiger partial charge in [0, 0.05) is 25.0 Å². The van der Waals surface area contributed by atoms with E-state index in [0.29, 0.717) is 5.91 Å². The van der Waals surface area contributed by atoms with Crippen LogP contribution in [0.5, 0.6) is 0 Å². The van der Waals surface area contributed by atoms with Crippen molar-refractivity contribution in [2.24, 2.45) is 17.1 Å². The van der Waals surface area contributed by atoms with Crippen LogP contribution in [0.25, 0.3) is 0 Å². The van der Waals surface area contributed by atoms with E-state index in [-0.39, 0.29) is 17.4 Å². The fourth-order valence-corrected chi connectivity index (χ4v) is 4.01. The molecule has 3 nitrogen and oxygen atoms in total. The Labute approximate surface area is 133 Å². The van der Waals surface area contributed by atoms with Crippen molar-refractivity contribution < 1.29 is 4.79 Å². The largest absolute Gasteiger partial charge is 0.342 e. The van der Waals surface area contributed by atoms with E-state index >= 15 is 0 Å². The summed E-state index contributed by atoms with van der Waals surface area (Å²) >= 11 is 0. The highest BCUT2D eigenvalue weighted by atomic mass is 16.2. The quantitative estimate of drug-likeness (QED) is 0.929. The van der Waals surface area contributed by atoms with Gasteiger partial charge in [-0.3, -0.25) is 4.79 Å². The van der Waals surface area contributed by atoms with Gasteiger partial charge in [-0.05, 0) is 49.5 Å². The fourth-order valence-electron chi connectivity index (χ4n) is 4.01. The zero-order valence-corrected chi connectivity index (χ0v) is 13.6. The molecule has 0 spiro atoms. The first kappa shape index (κ1) is 15.5. The normalized spacial score (nSPS) is 31.6. The summed E-state index contributed by atoms with van der Waals surface area (Å²) < 4.78 is 0. The summed E-state index contributed by atoms with van der Waals surface area (Å²) in [6.45, 7) is 4.18. The highest BCUT2D eigenvalue weighted by Crippen LogP contribution is 2.36. The lowest BCUT2D eigenvalue weighted by Crippen LogP contribution is -2.35. The van der Waals surface area contributed by atoms with Crippen LogP contribution in [0.15, 0.2) is 30.3 Å². The van der Waals surface area contributed by atoms with Crippen molar-refractivity contribution in [2.45, 2.75) is 51.5 Å². The molecule has 1 aliphatic heterocycles. The van der Waals surface area contributed by atoms with Crippen LogP contribution in [0.2, 0.25) is 0 Å². The van der Waals surface area contributed by atoms with E-state index in [4.69, 9.17) is 5.73 Å². The SMILES string of the molecule is CC1(CCc2ccccc2)CCN(C(=O)C2CCC(N)C2)C1. The zero-order valence-electron chi connectivity index (χ0n) is 13.6. The molecule has 1 saturated carbocycles. The van der Waals surface area contributed by atoms with E-state index in [1.165, 1.54) is 5.56 Å². The fraction of sp³-hybridized carbons (Fsp3) is 0.632. The number of hydrogen-bond acceptors (Lipinski definition) is 2. The Morgan fingerprint density at radius 1 is 1.32 bits per heavy atom. The number of nitrogens with two attached hydrogens (primary N) is 1. The second kappa shape index (κ2) is 6.41. The third-order valence-electron chi connectivity index (χ3n) is 5.55. The van der Waals surface area contributed by atoms with E-state index in [1.54, 1.807) is 0 Å². The number of carbonyl (C=O) groups excluding carboxylic acids is 1. The van der Waals surface area contributed by atoms with Crippen LogP contribution < -0.4 is 5.73 Å². The van der Waals surface area contributed by atoms with E-state index < -0.39 is 0 Å². The van der Waals surface area contributed by atoms with E-state index in [1.807, 2.05) is 0 Å². The number of likely N-dealkylation sites (tertiary alicyclic amines) is 1. The second-order valence-electron chi connectivity index (χ2n) is 7.58. The van der Waals surface area contributed by atoms with Crippen molar-refractivity contribution in [2.75, 3.05) is 13.1 Å². The van der Waals surface area contributed by atoms with Gasteiger partial charge in [0.1, 0.15) is 0 Å². The molecule has 3 rings (SSSR count). The first-order valence-corrected chi connectivity index (χ1v) is 8.64. The average Bonchev–Trinajstić information content (AvgIpc) is 3.13. The number of hydrogen-bond donors (Lipinski definition) is 1. The Bertz CT molecular complexity index is 515. The van der Waals surface area contributed by atoms with Gasteiger partial charge in [0.05, 0.1) is 0 Å². The van der Waals surface area contributed by atoms with Crippen molar-refractivity contribution >= 4 is 5.91 Å². The Balaban J connectivity index is 1.53. The molecule has 1 aliphatic carbocycles. The molecule has 22 heavy (non-hydrogen) atoms. The first-order chi connectivity index (χ1) is 10.6. The predicted octanol–water partition coefficient (Wildman–Crippen LogP) is 2.99. The molecule has 1 saturated heterocycles. The van der Waals surface area contributed by atoms with Crippen LogP contribution in [0.1, 0.15) is 44.6 Å². The van der Waals surface area contributed by atoms with E-state index in [2.05, 4.69) is 42.2 Å². The highest BCUT2D eigenvalue weighted by molar-refractivity contribution is 5.79. The van der Waals surface area contributed by atoms with Crippen LogP contribution in [-0.2, 0) is 11.2 Å². The minimum absolute atomic E-state index is 0.187. The number of amides is 1. The molecule has 2 fully saturated rings. The van der Waals surface area contributed by atoms with Gasteiger partial charge in [-0.15, -0.1) is 0 Å². The maximum Gasteiger partial charge on any atom is 0.225 e. The average molecular weight is 300 g/mol. The van der Waals surface area contributed by atoms with Gasteiger partial charge in [-0.2, -0.15) is 0 Å². The molecule has 120 valence electrons. The number of aryl methyl sites for hydroxylation is 1. The minimum Gasteiger partial charge on any atom is -0.342 e. The van der Waals surface area contributed by atoms with Crippen molar-refractivity contribution in [1.29, 1.82) is 0 Å². The molecule has 2 aliphatic rings. The van der Waals surface area contributed by atoms with Gasteiger partial charge in [0.25, 0.3) is 0 Å². The van der Waals surface area contributed by atoms with Crippen LogP contribution in [-0.4, -0.2) is 29.9 Å². The lowest BCUT2D eigenvalue weighted by Gasteiger charge is -2.26. The minimum atomic E-state index is 0.187. The standard InChI is InChI=1S/C19H28N2O/c1-19(10-9-15-5-3-2-4-6-15)11-12-21(14-19)18(22)16-7-8-17(20)13-16/h2-6,16-17H,7-14,20H2,1H3. The molecule has 0 radical (unpaired) electrons. The van der Waals surface area contributed by atoms with Crippen molar-refractivity contribution in [3.05, 3.63) is 35.9 Å². The summed E-state index contributed by atoms with van der Waals surface area (Å²) in [5, 5.41) is 0. The second-order valence-corrected chi connectivity index (χ2v) is 7.58. The Kier molecular flexibility index (Phi) is 4.53. The predicted molar refractivity (Wildman–Crippen MR) is 89.4 cm³/mol. The Morgan fingerprint density at radius 2 is 2.09 bits per heavy atom. The summed E-state index contributed by atoms with van der Waals surface area (Å²) in [7, 11) is 0. The number of rotatable bonds is 4. The van der Waals surface area contributed by atoms with Gasteiger partial charge < -0.3 is 10.6 Å². The van der Waals surface area contributed by atoms with Crippen LogP contribution in [0.4, 0.5) is 0 Å². The maximum absolute atomic E-state index is 12.6. The lowest BCUT2D eigenvalue weighted by atomic mass is 9.83. The molecule has 2 N–H and O–H groups in total. The third-order valence-corrected chi connectivity index (χ3v) is 5.55. The molecular weight excluding hydrogens is 272 g/mol. The summed E-state index contributed by atoms with van der Waals surface area (Å²) in [4.78, 5) is 14.7. The molecule has 3 heteroatoms. The molecule has 1 aromatic rings. The smallest absolute Gasteiger partial charge is 0.225 e. The van der Waals surface area contributed by atoms with Crippen LogP contribution in [0, 0.1) is 11.3 Å². The van der Waals surface area contributed by atoms with Crippen molar-refractivity contribution in [3.8, 4) is 0 Å². The molecule has 3 atom stereocenters. The Hall–Kier alpha value is -1.35. The summed E-state index contributed by atoms with van der Waals surface area (Å²) in [6.07, 6.45) is 6.27. The molecule has 0 aromatic heterocycles. The zero-order chi connectivity index (χ0) is 15.6. The first-order valence-electron chi connectivity index (χ1n) is 8.64. The lowest BCUT2D eigenvalue weighted by molar-refractivity contribution is -0.134. The van der Waals surface area contributed by atoms with Crippen LogP contribution in [0.3, 0.4) is 0 Å². The monoisotopic (exact) mass is 300 g/mol. The van der Waals surface area contributed by atoms with Crippen molar-refractivity contribution in [3.63, 3.8) is 0 Å². The molecule has 1 amide bonds. The summed E-state index contributed by atoms with van der Waals surface area (Å²) in [6, 6.07) is 10.9. The molecule has 3 unspecified atom stereocenters. The molecule has 1 aromatic carbocycles. The van der Waals surface area contributed by atoms with Crippen molar-refractivity contribution in [1.82, 2.24) is 4.90 Å². The van der Waals surface area contributed by atoms with Crippen LogP contribution >= 0.6 is 0 Å². The van der Waals surface area contributed by atoms with Gasteiger partial charge in [0.2, 0.25) is 5.91 Å². The maximum atomic E-state index is 12.6. The molecular formula is C19H28N2O. The van der Waals surface area contributed by atoms with E-state index in [9.17, 15) is 4.79 Å².